The summed E-state index contributed by atoms with van der Waals surface area (Å²) in [6.07, 6.45) is 3.81. The minimum Gasteiger partial charge on any atom is -0.477 e. The molecule has 1 saturated carbocycles. The summed E-state index contributed by atoms with van der Waals surface area (Å²) in [5.41, 5.74) is 1.71. The molecule has 2 N–H and O–H groups in total. The smallest absolute Gasteiger partial charge is 0.354 e. The van der Waals surface area contributed by atoms with Gasteiger partial charge in [0.25, 0.3) is 5.91 Å². The van der Waals surface area contributed by atoms with Crippen molar-refractivity contribution in [2.24, 2.45) is 5.92 Å². The van der Waals surface area contributed by atoms with E-state index in [1.54, 1.807) is 6.07 Å². The summed E-state index contributed by atoms with van der Waals surface area (Å²) >= 11 is 0. The van der Waals surface area contributed by atoms with Crippen LogP contribution in [0.4, 0.5) is 5.69 Å². The van der Waals surface area contributed by atoms with Crippen LogP contribution in [0.1, 0.15) is 39.3 Å². The van der Waals surface area contributed by atoms with E-state index >= 15 is 0 Å². The van der Waals surface area contributed by atoms with Gasteiger partial charge in [-0.15, -0.1) is 0 Å². The van der Waals surface area contributed by atoms with Gasteiger partial charge in [0.1, 0.15) is 5.69 Å². The molecule has 0 saturated heterocycles. The molecule has 2 aromatic rings. The number of carbonyl (C=O) groups is 2. The van der Waals surface area contributed by atoms with Crippen LogP contribution >= 0.6 is 0 Å². The monoisotopic (exact) mass is 326 g/mol. The number of nitrogens with one attached hydrogen (secondary N) is 1. The highest BCUT2D eigenvalue weighted by molar-refractivity contribution is 6.05. The van der Waals surface area contributed by atoms with Gasteiger partial charge in [-0.25, -0.2) is 9.78 Å². The molecule has 0 unspecified atom stereocenters. The number of carboxylic acids is 1. The molecular formula is C18H18N2O4. The number of anilines is 1. The maximum absolute atomic E-state index is 12.2. The SMILES string of the molecule is O=C(Nc1cccc(COCC2CC2)c1)c1ccnc(C(=O)O)c1. The molecular weight excluding hydrogens is 308 g/mol. The minimum atomic E-state index is -1.17. The van der Waals surface area contributed by atoms with E-state index in [2.05, 4.69) is 10.3 Å². The zero-order chi connectivity index (χ0) is 16.9. The van der Waals surface area contributed by atoms with Crippen LogP contribution in [-0.2, 0) is 11.3 Å². The molecule has 0 bridgehead atoms. The molecule has 1 fully saturated rings. The lowest BCUT2D eigenvalue weighted by molar-refractivity contribution is 0.0690. The zero-order valence-electron chi connectivity index (χ0n) is 13.1. The maximum Gasteiger partial charge on any atom is 0.354 e. The fraction of sp³-hybridized carbons (Fsp3) is 0.278. The number of hydrogen-bond donors (Lipinski definition) is 2. The first-order chi connectivity index (χ1) is 11.6. The van der Waals surface area contributed by atoms with Gasteiger partial charge in [-0.1, -0.05) is 12.1 Å². The van der Waals surface area contributed by atoms with Crippen LogP contribution in [0.2, 0.25) is 0 Å². The van der Waals surface area contributed by atoms with E-state index in [-0.39, 0.29) is 17.2 Å². The van der Waals surface area contributed by atoms with E-state index in [9.17, 15) is 9.59 Å². The molecule has 1 aliphatic carbocycles. The molecule has 1 heterocycles. The van der Waals surface area contributed by atoms with Crippen molar-refractivity contribution in [1.29, 1.82) is 0 Å². The van der Waals surface area contributed by atoms with E-state index in [0.717, 1.165) is 12.2 Å². The Bertz CT molecular complexity index is 756. The molecule has 1 aromatic heterocycles. The normalized spacial score (nSPS) is 13.5. The predicted octanol–water partition coefficient (Wildman–Crippen LogP) is 2.96. The third-order valence-electron chi connectivity index (χ3n) is 3.75. The first-order valence-corrected chi connectivity index (χ1v) is 7.79. The standard InChI is InChI=1S/C18H18N2O4/c21-17(14-6-7-19-16(9-14)18(22)23)20-15-3-1-2-13(8-15)11-24-10-12-4-5-12/h1-3,6-9,12H,4-5,10-11H2,(H,20,21)(H,22,23). The average Bonchev–Trinajstić information content (AvgIpc) is 3.39. The number of hydrogen-bond acceptors (Lipinski definition) is 4. The number of carboxylic acid groups (broad SMARTS) is 1. The summed E-state index contributed by atoms with van der Waals surface area (Å²) in [4.78, 5) is 26.9. The molecule has 0 aliphatic heterocycles. The van der Waals surface area contributed by atoms with Crippen molar-refractivity contribution in [2.45, 2.75) is 19.4 Å². The lowest BCUT2D eigenvalue weighted by Gasteiger charge is -2.08. The summed E-state index contributed by atoms with van der Waals surface area (Å²) in [5.74, 6) is -0.835. The second-order valence-electron chi connectivity index (χ2n) is 5.85. The van der Waals surface area contributed by atoms with Crippen molar-refractivity contribution in [1.82, 2.24) is 4.98 Å². The van der Waals surface area contributed by atoms with Gasteiger partial charge in [0.2, 0.25) is 0 Å². The molecule has 24 heavy (non-hydrogen) atoms. The summed E-state index contributed by atoms with van der Waals surface area (Å²) in [6.45, 7) is 1.30. The predicted molar refractivity (Wildman–Crippen MR) is 88.0 cm³/mol. The quantitative estimate of drug-likeness (QED) is 0.816. The highest BCUT2D eigenvalue weighted by Gasteiger charge is 2.21. The van der Waals surface area contributed by atoms with Gasteiger partial charge < -0.3 is 15.2 Å². The van der Waals surface area contributed by atoms with Gasteiger partial charge in [0.05, 0.1) is 6.61 Å². The van der Waals surface area contributed by atoms with Crippen LogP contribution in [0.3, 0.4) is 0 Å². The van der Waals surface area contributed by atoms with Crippen molar-refractivity contribution in [3.63, 3.8) is 0 Å². The van der Waals surface area contributed by atoms with Gasteiger partial charge in [0.15, 0.2) is 0 Å². The van der Waals surface area contributed by atoms with Crippen molar-refractivity contribution >= 4 is 17.6 Å². The fourth-order valence-corrected chi connectivity index (χ4v) is 2.26. The third kappa shape index (κ3) is 4.39. The van der Waals surface area contributed by atoms with Gasteiger partial charge in [0, 0.05) is 24.1 Å². The Balaban J connectivity index is 1.63. The van der Waals surface area contributed by atoms with Gasteiger partial charge in [-0.2, -0.15) is 0 Å². The number of amides is 1. The molecule has 0 spiro atoms. The van der Waals surface area contributed by atoms with Crippen LogP contribution in [-0.4, -0.2) is 28.6 Å². The topological polar surface area (TPSA) is 88.5 Å². The van der Waals surface area contributed by atoms with E-state index in [1.807, 2.05) is 18.2 Å². The van der Waals surface area contributed by atoms with Gasteiger partial charge in [-0.05, 0) is 48.6 Å². The van der Waals surface area contributed by atoms with Crippen LogP contribution < -0.4 is 5.32 Å². The Morgan fingerprint density at radius 1 is 1.25 bits per heavy atom. The molecule has 1 aromatic carbocycles. The minimum absolute atomic E-state index is 0.162. The number of pyridine rings is 1. The van der Waals surface area contributed by atoms with Crippen molar-refractivity contribution in [3.05, 3.63) is 59.4 Å². The summed E-state index contributed by atoms with van der Waals surface area (Å²) in [6, 6.07) is 10.1. The number of aromatic nitrogens is 1. The molecule has 3 rings (SSSR count). The summed E-state index contributed by atoms with van der Waals surface area (Å²) in [7, 11) is 0. The first kappa shape index (κ1) is 16.1. The number of aromatic carboxylic acids is 1. The maximum atomic E-state index is 12.2. The van der Waals surface area contributed by atoms with E-state index in [4.69, 9.17) is 9.84 Å². The first-order valence-electron chi connectivity index (χ1n) is 7.79. The summed E-state index contributed by atoms with van der Waals surface area (Å²) in [5, 5.41) is 11.7. The van der Waals surface area contributed by atoms with Crippen LogP contribution in [0, 0.1) is 5.92 Å². The molecule has 1 aliphatic rings. The third-order valence-corrected chi connectivity index (χ3v) is 3.75. The van der Waals surface area contributed by atoms with Crippen molar-refractivity contribution < 1.29 is 19.4 Å². The molecule has 124 valence electrons. The lowest BCUT2D eigenvalue weighted by atomic mass is 10.2. The fourth-order valence-electron chi connectivity index (χ4n) is 2.26. The Morgan fingerprint density at radius 3 is 2.83 bits per heavy atom. The molecule has 0 atom stereocenters. The Hall–Kier alpha value is -2.73. The van der Waals surface area contributed by atoms with Crippen LogP contribution in [0.25, 0.3) is 0 Å². The van der Waals surface area contributed by atoms with Gasteiger partial charge >= 0.3 is 5.97 Å². The lowest BCUT2D eigenvalue weighted by Crippen LogP contribution is -2.13. The highest BCUT2D eigenvalue weighted by Crippen LogP contribution is 2.29. The Morgan fingerprint density at radius 2 is 2.08 bits per heavy atom. The zero-order valence-corrected chi connectivity index (χ0v) is 13.1. The Kier molecular flexibility index (Phi) is 4.86. The van der Waals surface area contributed by atoms with Crippen molar-refractivity contribution in [3.8, 4) is 0 Å². The number of nitrogens with zero attached hydrogens (tertiary/aromatic N) is 1. The Labute approximate surface area is 139 Å². The summed E-state index contributed by atoms with van der Waals surface area (Å²) < 4.78 is 5.64. The van der Waals surface area contributed by atoms with Crippen LogP contribution in [0.5, 0.6) is 0 Å². The van der Waals surface area contributed by atoms with E-state index < -0.39 is 5.97 Å². The number of benzene rings is 1. The highest BCUT2D eigenvalue weighted by atomic mass is 16.5. The molecule has 6 nitrogen and oxygen atoms in total. The molecule has 1 amide bonds. The van der Waals surface area contributed by atoms with Crippen molar-refractivity contribution in [2.75, 3.05) is 11.9 Å². The van der Waals surface area contributed by atoms with E-state index in [1.165, 1.54) is 31.2 Å². The van der Waals surface area contributed by atoms with E-state index in [0.29, 0.717) is 18.2 Å². The number of rotatable bonds is 7. The number of carbonyl (C=O) groups excluding carboxylic acids is 1. The molecule has 0 radical (unpaired) electrons. The second kappa shape index (κ2) is 7.23. The van der Waals surface area contributed by atoms with Crippen LogP contribution in [0.15, 0.2) is 42.6 Å². The average molecular weight is 326 g/mol. The largest absolute Gasteiger partial charge is 0.477 e. The molecule has 6 heteroatoms. The van der Waals surface area contributed by atoms with Gasteiger partial charge in [-0.3, -0.25) is 4.79 Å². The number of ether oxygens (including phenoxy) is 1. The second-order valence-corrected chi connectivity index (χ2v) is 5.85.